The van der Waals surface area contributed by atoms with E-state index in [-0.39, 0.29) is 13.4 Å². The van der Waals surface area contributed by atoms with E-state index in [1.165, 1.54) is 80.4 Å². The molecule has 13 aromatic rings. The minimum absolute atomic E-state index is 0.0281. The Bertz CT molecular complexity index is 4640. The molecule has 17 rings (SSSR count). The lowest BCUT2D eigenvalue weighted by Gasteiger charge is -2.46. The summed E-state index contributed by atoms with van der Waals surface area (Å²) in [6.45, 7) is -0.127. The largest absolute Gasteiger partial charge is 0.311 e. The van der Waals surface area contributed by atoms with Crippen molar-refractivity contribution in [2.45, 2.75) is 19.6 Å². The molecule has 7 heteroatoms. The van der Waals surface area contributed by atoms with Gasteiger partial charge in [-0.1, -0.05) is 271 Å². The molecule has 0 atom stereocenters. The van der Waals surface area contributed by atoms with E-state index in [4.69, 9.17) is 0 Å². The first-order chi connectivity index (χ1) is 42.2. The molecule has 396 valence electrons. The molecule has 4 heterocycles. The Morgan fingerprint density at radius 3 is 1.32 bits per heavy atom. The molecule has 0 amide bonds. The third-order valence-electron chi connectivity index (χ3n) is 17.5. The van der Waals surface area contributed by atoms with Crippen LogP contribution in [0.15, 0.2) is 329 Å². The van der Waals surface area contributed by atoms with Crippen molar-refractivity contribution in [1.82, 2.24) is 0 Å². The number of para-hydroxylation sites is 5. The molecule has 0 fully saturated rings. The standard InChI is InChI=1S/C78H51B2N3S2/c1-7-26-52(27-8-1)56-46-74-77-75(47-56)85-73-51-69-65(50-66(73)80(77)64-42-21-24-45-72(64)84-74)79-63-41-20-23-44-68(63)82(67-43-22-19-38-60(67)53-28-9-2-10-29-53)70-48-59(81(57-34-15-5-16-35-57)58-36-17-6-18-37-58)49-71(76(70)79)83(69)78-61(54-30-11-3-12-31-54)39-25-40-62(78)55-32-13-4-14-33-55/h1-51H. The molecule has 4 aliphatic heterocycles. The summed E-state index contributed by atoms with van der Waals surface area (Å²) >= 11 is 3.86. The first kappa shape index (κ1) is 49.7. The topological polar surface area (TPSA) is 9.72 Å². The predicted molar refractivity (Wildman–Crippen MR) is 363 cm³/mol. The van der Waals surface area contributed by atoms with Crippen LogP contribution >= 0.6 is 23.5 Å². The highest BCUT2D eigenvalue weighted by Crippen LogP contribution is 2.54. The van der Waals surface area contributed by atoms with Gasteiger partial charge < -0.3 is 14.7 Å². The van der Waals surface area contributed by atoms with E-state index in [2.05, 4.69) is 324 Å². The number of rotatable bonds is 9. The number of hydrogen-bond donors (Lipinski definition) is 0. The number of benzene rings is 13. The fraction of sp³-hybridized carbons (Fsp3) is 0. The van der Waals surface area contributed by atoms with E-state index in [1.807, 2.05) is 23.5 Å². The first-order valence-electron chi connectivity index (χ1n) is 29.2. The highest BCUT2D eigenvalue weighted by Gasteiger charge is 2.47. The lowest BCUT2D eigenvalue weighted by molar-refractivity contribution is 1.22. The van der Waals surface area contributed by atoms with Crippen LogP contribution in [0.4, 0.5) is 51.2 Å². The molecule has 4 aliphatic rings. The van der Waals surface area contributed by atoms with Crippen molar-refractivity contribution >= 4 is 121 Å². The Hall–Kier alpha value is -9.91. The highest BCUT2D eigenvalue weighted by molar-refractivity contribution is 8.01. The van der Waals surface area contributed by atoms with E-state index < -0.39 is 0 Å². The number of fused-ring (bicyclic) bond motifs is 8. The Kier molecular flexibility index (Phi) is 12.0. The van der Waals surface area contributed by atoms with Gasteiger partial charge in [-0.15, -0.1) is 0 Å². The molecule has 0 saturated carbocycles. The summed E-state index contributed by atoms with van der Waals surface area (Å²) in [5.41, 5.74) is 27.4. The van der Waals surface area contributed by atoms with Gasteiger partial charge in [0, 0.05) is 70.4 Å². The van der Waals surface area contributed by atoms with Crippen molar-refractivity contribution in [2.75, 3.05) is 14.7 Å². The Balaban J connectivity index is 1.02. The molecule has 0 aromatic heterocycles. The number of hydrogen-bond acceptors (Lipinski definition) is 5. The van der Waals surface area contributed by atoms with Crippen LogP contribution in [-0.4, -0.2) is 13.4 Å². The van der Waals surface area contributed by atoms with Crippen molar-refractivity contribution in [3.8, 4) is 44.5 Å². The first-order valence-corrected chi connectivity index (χ1v) is 30.8. The van der Waals surface area contributed by atoms with Gasteiger partial charge in [0.05, 0.1) is 17.1 Å². The van der Waals surface area contributed by atoms with E-state index >= 15 is 0 Å². The van der Waals surface area contributed by atoms with Gasteiger partial charge in [0.25, 0.3) is 6.71 Å². The monoisotopic (exact) mass is 1120 g/mol. The summed E-state index contributed by atoms with van der Waals surface area (Å²) in [6, 6.07) is 115. The normalized spacial score (nSPS) is 13.0. The molecule has 0 saturated heterocycles. The molecule has 0 N–H and O–H groups in total. The lowest BCUT2D eigenvalue weighted by Crippen LogP contribution is -2.64. The van der Waals surface area contributed by atoms with Crippen molar-refractivity contribution in [3.63, 3.8) is 0 Å². The van der Waals surface area contributed by atoms with Crippen LogP contribution in [0.1, 0.15) is 0 Å². The molecule has 13 aromatic carbocycles. The van der Waals surface area contributed by atoms with E-state index in [9.17, 15) is 0 Å². The molecule has 0 radical (unpaired) electrons. The summed E-state index contributed by atoms with van der Waals surface area (Å²) in [5.74, 6) is 0. The van der Waals surface area contributed by atoms with Crippen LogP contribution in [0.2, 0.25) is 0 Å². The zero-order valence-electron chi connectivity index (χ0n) is 46.3. The number of anilines is 9. The zero-order chi connectivity index (χ0) is 56.0. The molecule has 0 spiro atoms. The third-order valence-corrected chi connectivity index (χ3v) is 19.8. The maximum absolute atomic E-state index is 2.69. The van der Waals surface area contributed by atoms with Gasteiger partial charge in [0.15, 0.2) is 0 Å². The summed E-state index contributed by atoms with van der Waals surface area (Å²) in [7, 11) is 0. The van der Waals surface area contributed by atoms with Gasteiger partial charge in [-0.05, 0) is 122 Å². The second kappa shape index (κ2) is 20.5. The van der Waals surface area contributed by atoms with Crippen LogP contribution in [0.5, 0.6) is 0 Å². The quantitative estimate of drug-likeness (QED) is 0.133. The van der Waals surface area contributed by atoms with E-state index in [0.717, 1.165) is 67.6 Å². The van der Waals surface area contributed by atoms with Gasteiger partial charge in [0.2, 0.25) is 6.71 Å². The second-order valence-electron chi connectivity index (χ2n) is 22.3. The SMILES string of the molecule is c1ccc(-c2cc3c4c(c2)Sc2cc5c(cc2B4c2ccccc2S3)B2c3ccccc3N(c3ccccc3-c3ccccc3)c3cc(N(c4ccccc4)c4ccccc4)cc(c32)N5c2c(-c3ccccc3)cccc2-c2ccccc2)cc1. The molecule has 3 nitrogen and oxygen atoms in total. The van der Waals surface area contributed by atoms with Crippen molar-refractivity contribution in [1.29, 1.82) is 0 Å². The molecule has 0 bridgehead atoms. The van der Waals surface area contributed by atoms with Crippen LogP contribution < -0.4 is 47.5 Å². The second-order valence-corrected chi connectivity index (χ2v) is 24.4. The molecular weight excluding hydrogens is 1060 g/mol. The summed E-state index contributed by atoms with van der Waals surface area (Å²) in [5, 5.41) is 0. The molecular formula is C78H51B2N3S2. The minimum Gasteiger partial charge on any atom is -0.311 e. The van der Waals surface area contributed by atoms with Gasteiger partial charge >= 0.3 is 0 Å². The lowest BCUT2D eigenvalue weighted by atomic mass is 9.31. The average Bonchev–Trinajstić information content (AvgIpc) is 1.23. The molecule has 85 heavy (non-hydrogen) atoms. The van der Waals surface area contributed by atoms with Gasteiger partial charge in [-0.25, -0.2) is 0 Å². The Labute approximate surface area is 505 Å². The number of nitrogens with zero attached hydrogens (tertiary/aromatic N) is 3. The van der Waals surface area contributed by atoms with Gasteiger partial charge in [0.1, 0.15) is 0 Å². The van der Waals surface area contributed by atoms with Gasteiger partial charge in [-0.3, -0.25) is 0 Å². The maximum atomic E-state index is 2.69. The van der Waals surface area contributed by atoms with Crippen LogP contribution in [-0.2, 0) is 0 Å². The highest BCUT2D eigenvalue weighted by atomic mass is 32.2. The van der Waals surface area contributed by atoms with Gasteiger partial charge in [-0.2, -0.15) is 0 Å². The Morgan fingerprint density at radius 1 is 0.247 bits per heavy atom. The van der Waals surface area contributed by atoms with Crippen molar-refractivity contribution < 1.29 is 0 Å². The van der Waals surface area contributed by atoms with Crippen molar-refractivity contribution in [3.05, 3.63) is 309 Å². The van der Waals surface area contributed by atoms with Crippen molar-refractivity contribution in [2.24, 2.45) is 0 Å². The average molecular weight is 1120 g/mol. The minimum atomic E-state index is -0.155. The van der Waals surface area contributed by atoms with Crippen LogP contribution in [0.25, 0.3) is 44.5 Å². The summed E-state index contributed by atoms with van der Waals surface area (Å²) < 4.78 is 0. The van der Waals surface area contributed by atoms with E-state index in [0.29, 0.717) is 0 Å². The summed E-state index contributed by atoms with van der Waals surface area (Å²) in [6.07, 6.45) is 0. The fourth-order valence-corrected chi connectivity index (χ4v) is 16.4. The molecule has 0 aliphatic carbocycles. The molecule has 0 unspecified atom stereocenters. The van der Waals surface area contributed by atoms with Crippen LogP contribution in [0, 0.1) is 0 Å². The fourth-order valence-electron chi connectivity index (χ4n) is 13.9. The third kappa shape index (κ3) is 8.17. The Morgan fingerprint density at radius 2 is 0.706 bits per heavy atom. The van der Waals surface area contributed by atoms with Crippen LogP contribution in [0.3, 0.4) is 0 Å². The van der Waals surface area contributed by atoms with E-state index in [1.54, 1.807) is 0 Å². The summed E-state index contributed by atoms with van der Waals surface area (Å²) in [4.78, 5) is 13.0. The zero-order valence-corrected chi connectivity index (χ0v) is 47.9. The predicted octanol–water partition coefficient (Wildman–Crippen LogP) is 17.4. The maximum Gasteiger partial charge on any atom is 0.252 e. The smallest absolute Gasteiger partial charge is 0.252 e.